The molecule has 0 saturated heterocycles. The smallest absolute Gasteiger partial charge is 0.189 e. The minimum Gasteiger partial charge on any atom is -0.370 e. The summed E-state index contributed by atoms with van der Waals surface area (Å²) in [5, 5.41) is 3.26. The molecule has 0 aliphatic heterocycles. The Labute approximate surface area is 87.2 Å². The van der Waals surface area contributed by atoms with Crippen molar-refractivity contribution in [3.8, 4) is 0 Å². The first-order valence-corrected chi connectivity index (χ1v) is 5.65. The molecule has 0 heterocycles. The maximum atomic E-state index is 5.85. The molecule has 0 atom stereocenters. The van der Waals surface area contributed by atoms with Gasteiger partial charge in [0.15, 0.2) is 5.96 Å². The fourth-order valence-corrected chi connectivity index (χ4v) is 1.70. The van der Waals surface area contributed by atoms with E-state index >= 15 is 0 Å². The van der Waals surface area contributed by atoms with Gasteiger partial charge in [0.2, 0.25) is 0 Å². The molecule has 14 heavy (non-hydrogen) atoms. The molecule has 1 aliphatic carbocycles. The molecule has 0 unspecified atom stereocenters. The fourth-order valence-electron chi connectivity index (χ4n) is 1.70. The van der Waals surface area contributed by atoms with E-state index in [4.69, 9.17) is 5.73 Å². The summed E-state index contributed by atoms with van der Waals surface area (Å²) in [6, 6.07) is 0.468. The quantitative estimate of drug-likeness (QED) is 0.537. The van der Waals surface area contributed by atoms with E-state index in [1.54, 1.807) is 0 Å². The summed E-state index contributed by atoms with van der Waals surface area (Å²) < 4.78 is 0. The molecule has 3 heteroatoms. The molecule has 0 amide bonds. The normalized spacial score (nSPS) is 20.1. The van der Waals surface area contributed by atoms with Crippen LogP contribution in [0.25, 0.3) is 0 Å². The lowest BCUT2D eigenvalue weighted by Crippen LogP contribution is -2.47. The van der Waals surface area contributed by atoms with Crippen molar-refractivity contribution in [1.82, 2.24) is 5.32 Å². The third kappa shape index (κ3) is 3.56. The van der Waals surface area contributed by atoms with Gasteiger partial charge in [-0.25, -0.2) is 0 Å². The topological polar surface area (TPSA) is 50.4 Å². The number of hydrogen-bond donors (Lipinski definition) is 2. The highest BCUT2D eigenvalue weighted by Crippen LogP contribution is 2.20. The van der Waals surface area contributed by atoms with E-state index in [9.17, 15) is 0 Å². The first kappa shape index (κ1) is 11.3. The highest BCUT2D eigenvalue weighted by Gasteiger charge is 2.17. The van der Waals surface area contributed by atoms with Gasteiger partial charge in [0.25, 0.3) is 0 Å². The number of hydrogen-bond acceptors (Lipinski definition) is 1. The third-order valence-corrected chi connectivity index (χ3v) is 3.00. The van der Waals surface area contributed by atoms with Gasteiger partial charge >= 0.3 is 0 Å². The molecular formula is C11H23N3. The summed E-state index contributed by atoms with van der Waals surface area (Å²) in [7, 11) is 0. The second-order valence-electron chi connectivity index (χ2n) is 4.82. The van der Waals surface area contributed by atoms with Crippen LogP contribution in [0.1, 0.15) is 52.9 Å². The Morgan fingerprint density at radius 1 is 1.43 bits per heavy atom. The van der Waals surface area contributed by atoms with Crippen LogP contribution in [-0.2, 0) is 0 Å². The lowest BCUT2D eigenvalue weighted by Gasteiger charge is -2.25. The van der Waals surface area contributed by atoms with Gasteiger partial charge in [-0.3, -0.25) is 4.99 Å². The number of nitrogens with one attached hydrogen (secondary N) is 1. The van der Waals surface area contributed by atoms with Crippen molar-refractivity contribution in [2.24, 2.45) is 10.7 Å². The van der Waals surface area contributed by atoms with Crippen molar-refractivity contribution >= 4 is 5.96 Å². The maximum absolute atomic E-state index is 5.85. The van der Waals surface area contributed by atoms with Crippen molar-refractivity contribution in [2.75, 3.05) is 0 Å². The van der Waals surface area contributed by atoms with Gasteiger partial charge in [-0.15, -0.1) is 0 Å². The average Bonchev–Trinajstić information content (AvgIpc) is 2.55. The lowest BCUT2D eigenvalue weighted by atomic mass is 10.0. The first-order chi connectivity index (χ1) is 6.53. The van der Waals surface area contributed by atoms with E-state index in [0.717, 1.165) is 6.42 Å². The Bertz CT molecular complexity index is 203. The minimum absolute atomic E-state index is 0.0617. The second-order valence-corrected chi connectivity index (χ2v) is 4.82. The zero-order chi connectivity index (χ0) is 10.6. The van der Waals surface area contributed by atoms with Crippen LogP contribution in [0, 0.1) is 0 Å². The molecule has 3 N–H and O–H groups in total. The summed E-state index contributed by atoms with van der Waals surface area (Å²) in [5.74, 6) is 0.615. The van der Waals surface area contributed by atoms with Crippen LogP contribution in [0.4, 0.5) is 0 Å². The van der Waals surface area contributed by atoms with Crippen LogP contribution >= 0.6 is 0 Å². The van der Waals surface area contributed by atoms with Crippen molar-refractivity contribution < 1.29 is 0 Å². The molecule has 1 saturated carbocycles. The SMILES string of the molecule is CCC(C)(C)NC(N)=NC1CCCC1. The Morgan fingerprint density at radius 2 is 2.00 bits per heavy atom. The van der Waals surface area contributed by atoms with Gasteiger partial charge in [0.1, 0.15) is 0 Å². The molecule has 0 aromatic rings. The molecule has 3 nitrogen and oxygen atoms in total. The molecular weight excluding hydrogens is 174 g/mol. The largest absolute Gasteiger partial charge is 0.370 e. The fraction of sp³-hybridized carbons (Fsp3) is 0.909. The van der Waals surface area contributed by atoms with Crippen molar-refractivity contribution in [3.63, 3.8) is 0 Å². The van der Waals surface area contributed by atoms with Crippen molar-refractivity contribution in [2.45, 2.75) is 64.5 Å². The zero-order valence-electron chi connectivity index (χ0n) is 9.64. The number of nitrogens with two attached hydrogens (primary N) is 1. The summed E-state index contributed by atoms with van der Waals surface area (Å²) >= 11 is 0. The highest BCUT2D eigenvalue weighted by molar-refractivity contribution is 5.78. The van der Waals surface area contributed by atoms with Gasteiger partial charge in [0.05, 0.1) is 6.04 Å². The van der Waals surface area contributed by atoms with E-state index in [1.807, 2.05) is 0 Å². The first-order valence-electron chi connectivity index (χ1n) is 5.65. The van der Waals surface area contributed by atoms with Crippen LogP contribution in [0.2, 0.25) is 0 Å². The number of nitrogens with zero attached hydrogens (tertiary/aromatic N) is 1. The predicted molar refractivity (Wildman–Crippen MR) is 61.4 cm³/mol. The van der Waals surface area contributed by atoms with E-state index in [-0.39, 0.29) is 5.54 Å². The Morgan fingerprint density at radius 3 is 2.50 bits per heavy atom. The molecule has 0 spiro atoms. The lowest BCUT2D eigenvalue weighted by molar-refractivity contribution is 0.441. The van der Waals surface area contributed by atoms with Gasteiger partial charge < -0.3 is 11.1 Å². The summed E-state index contributed by atoms with van der Waals surface area (Å²) in [6.45, 7) is 6.43. The standard InChI is InChI=1S/C11H23N3/c1-4-11(2,3)14-10(12)13-9-7-5-6-8-9/h9H,4-8H2,1-3H3,(H3,12,13,14). The molecule has 1 aliphatic rings. The monoisotopic (exact) mass is 197 g/mol. The Balaban J connectivity index is 2.43. The summed E-state index contributed by atoms with van der Waals surface area (Å²) in [4.78, 5) is 4.49. The van der Waals surface area contributed by atoms with Crippen molar-refractivity contribution in [3.05, 3.63) is 0 Å². The van der Waals surface area contributed by atoms with E-state index in [0.29, 0.717) is 12.0 Å². The molecule has 1 rings (SSSR count). The van der Waals surface area contributed by atoms with Crippen LogP contribution in [-0.4, -0.2) is 17.5 Å². The van der Waals surface area contributed by atoms with Gasteiger partial charge in [-0.1, -0.05) is 19.8 Å². The van der Waals surface area contributed by atoms with Crippen LogP contribution < -0.4 is 11.1 Å². The number of rotatable bonds is 3. The molecule has 0 aromatic carbocycles. The third-order valence-electron chi connectivity index (χ3n) is 3.00. The van der Waals surface area contributed by atoms with E-state index in [2.05, 4.69) is 31.1 Å². The van der Waals surface area contributed by atoms with Crippen LogP contribution in [0.5, 0.6) is 0 Å². The second kappa shape index (κ2) is 4.67. The van der Waals surface area contributed by atoms with Gasteiger partial charge in [0, 0.05) is 5.54 Å². The van der Waals surface area contributed by atoms with E-state index < -0.39 is 0 Å². The van der Waals surface area contributed by atoms with Crippen molar-refractivity contribution in [1.29, 1.82) is 0 Å². The summed E-state index contributed by atoms with van der Waals surface area (Å²) in [5.41, 5.74) is 5.92. The molecule has 0 bridgehead atoms. The van der Waals surface area contributed by atoms with Crippen LogP contribution in [0.15, 0.2) is 4.99 Å². The number of guanidine groups is 1. The van der Waals surface area contributed by atoms with Gasteiger partial charge in [-0.2, -0.15) is 0 Å². The number of aliphatic imine (C=N–C) groups is 1. The molecule has 82 valence electrons. The van der Waals surface area contributed by atoms with Crippen LogP contribution in [0.3, 0.4) is 0 Å². The van der Waals surface area contributed by atoms with Gasteiger partial charge in [-0.05, 0) is 33.1 Å². The highest BCUT2D eigenvalue weighted by atomic mass is 15.1. The molecule has 0 aromatic heterocycles. The maximum Gasteiger partial charge on any atom is 0.189 e. The Kier molecular flexibility index (Phi) is 3.78. The zero-order valence-corrected chi connectivity index (χ0v) is 9.64. The minimum atomic E-state index is 0.0617. The predicted octanol–water partition coefficient (Wildman–Crippen LogP) is 2.02. The molecule has 1 fully saturated rings. The Hall–Kier alpha value is -0.730. The van der Waals surface area contributed by atoms with E-state index in [1.165, 1.54) is 25.7 Å². The molecule has 0 radical (unpaired) electrons. The summed E-state index contributed by atoms with van der Waals surface area (Å²) in [6.07, 6.45) is 6.06. The average molecular weight is 197 g/mol.